The maximum Gasteiger partial charge on any atom is 0.257 e. The van der Waals surface area contributed by atoms with E-state index in [1.54, 1.807) is 24.3 Å². The average Bonchev–Trinajstić information content (AvgIpc) is 2.70. The summed E-state index contributed by atoms with van der Waals surface area (Å²) in [6, 6.07) is 10.5. The van der Waals surface area contributed by atoms with Crippen molar-refractivity contribution in [2.24, 2.45) is 0 Å². The lowest BCUT2D eigenvalue weighted by atomic mass is 10.3. The first-order chi connectivity index (χ1) is 13.7. The Hall–Kier alpha value is -3.18. The van der Waals surface area contributed by atoms with Gasteiger partial charge in [0.2, 0.25) is 10.0 Å². The SMILES string of the molecule is COc1ccccc1NCC(=O)NNC(=O)[C@H](C)NS(=O)(=O)c1ccccc1F. The Kier molecular flexibility index (Phi) is 7.51. The zero-order valence-electron chi connectivity index (χ0n) is 15.7. The fourth-order valence-electron chi connectivity index (χ4n) is 2.26. The number of anilines is 1. The maximum atomic E-state index is 13.7. The summed E-state index contributed by atoms with van der Waals surface area (Å²) in [7, 11) is -2.76. The number of ether oxygens (including phenoxy) is 1. The summed E-state index contributed by atoms with van der Waals surface area (Å²) in [5.74, 6) is -1.80. The molecule has 1 atom stereocenters. The molecule has 11 heteroatoms. The van der Waals surface area contributed by atoms with Gasteiger partial charge in [0.25, 0.3) is 11.8 Å². The second kappa shape index (κ2) is 9.85. The molecule has 0 heterocycles. The number of hydrogen-bond acceptors (Lipinski definition) is 6. The van der Waals surface area contributed by atoms with Crippen molar-refractivity contribution in [1.82, 2.24) is 15.6 Å². The normalized spacial score (nSPS) is 12.0. The molecule has 0 spiro atoms. The molecular formula is C18H21FN4O5S. The van der Waals surface area contributed by atoms with Crippen molar-refractivity contribution in [3.8, 4) is 5.75 Å². The Balaban J connectivity index is 1.85. The fourth-order valence-corrected chi connectivity index (χ4v) is 3.54. The molecule has 2 aromatic carbocycles. The second-order valence-corrected chi connectivity index (χ2v) is 7.55. The largest absolute Gasteiger partial charge is 0.495 e. The predicted octanol–water partition coefficient (Wildman–Crippen LogP) is 0.761. The van der Waals surface area contributed by atoms with E-state index in [0.717, 1.165) is 12.1 Å². The molecule has 0 aliphatic rings. The van der Waals surface area contributed by atoms with Crippen molar-refractivity contribution in [3.63, 3.8) is 0 Å². The smallest absolute Gasteiger partial charge is 0.257 e. The van der Waals surface area contributed by atoms with Gasteiger partial charge in [0.1, 0.15) is 16.5 Å². The van der Waals surface area contributed by atoms with Gasteiger partial charge in [0.05, 0.1) is 25.4 Å². The van der Waals surface area contributed by atoms with Crippen LogP contribution in [0.2, 0.25) is 0 Å². The highest BCUT2D eigenvalue weighted by Gasteiger charge is 2.24. The fraction of sp³-hybridized carbons (Fsp3) is 0.222. The summed E-state index contributed by atoms with van der Waals surface area (Å²) in [6.07, 6.45) is 0. The van der Waals surface area contributed by atoms with Gasteiger partial charge in [0, 0.05) is 0 Å². The van der Waals surface area contributed by atoms with Crippen LogP contribution in [-0.2, 0) is 19.6 Å². The number of halogens is 1. The Labute approximate surface area is 167 Å². The standard InChI is InChI=1S/C18H21FN4O5S/c1-12(23-29(26,27)16-10-6-3-7-13(16)19)18(25)22-21-17(24)11-20-14-8-4-5-9-15(14)28-2/h3-10,12,20,23H,11H2,1-2H3,(H,21,24)(H,22,25)/t12-/m0/s1. The summed E-state index contributed by atoms with van der Waals surface area (Å²) >= 11 is 0. The molecule has 0 bridgehead atoms. The van der Waals surface area contributed by atoms with E-state index in [9.17, 15) is 22.4 Å². The van der Waals surface area contributed by atoms with Crippen LogP contribution in [0, 0.1) is 5.82 Å². The zero-order chi connectivity index (χ0) is 21.4. The molecule has 0 radical (unpaired) electrons. The lowest BCUT2D eigenvalue weighted by molar-refractivity contribution is -0.128. The van der Waals surface area contributed by atoms with Gasteiger partial charge in [-0.05, 0) is 31.2 Å². The molecule has 2 aromatic rings. The first-order valence-corrected chi connectivity index (χ1v) is 9.95. The topological polar surface area (TPSA) is 126 Å². The number of hydrazine groups is 1. The van der Waals surface area contributed by atoms with Gasteiger partial charge in [-0.3, -0.25) is 20.4 Å². The van der Waals surface area contributed by atoms with E-state index in [1.807, 2.05) is 4.72 Å². The molecule has 4 N–H and O–H groups in total. The van der Waals surface area contributed by atoms with Gasteiger partial charge in [-0.25, -0.2) is 12.8 Å². The molecule has 0 aliphatic heterocycles. The number of nitrogens with one attached hydrogen (secondary N) is 4. The van der Waals surface area contributed by atoms with Crippen LogP contribution in [0.15, 0.2) is 53.4 Å². The third-order valence-electron chi connectivity index (χ3n) is 3.72. The van der Waals surface area contributed by atoms with Gasteiger partial charge in [0.15, 0.2) is 0 Å². The lowest BCUT2D eigenvalue weighted by Crippen LogP contribution is -2.52. The molecule has 2 amide bonds. The van der Waals surface area contributed by atoms with Crippen molar-refractivity contribution in [2.75, 3.05) is 19.0 Å². The Morgan fingerprint density at radius 2 is 1.72 bits per heavy atom. The number of carbonyl (C=O) groups is 2. The highest BCUT2D eigenvalue weighted by Crippen LogP contribution is 2.22. The van der Waals surface area contributed by atoms with Crippen molar-refractivity contribution in [3.05, 3.63) is 54.3 Å². The molecule has 0 aromatic heterocycles. The van der Waals surface area contributed by atoms with Gasteiger partial charge < -0.3 is 10.1 Å². The molecule has 0 saturated heterocycles. The summed E-state index contributed by atoms with van der Waals surface area (Å²) < 4.78 is 45.2. The molecule has 0 fully saturated rings. The summed E-state index contributed by atoms with van der Waals surface area (Å²) in [6.45, 7) is 1.09. The third-order valence-corrected chi connectivity index (χ3v) is 5.30. The number of benzene rings is 2. The molecule has 0 unspecified atom stereocenters. The van der Waals surface area contributed by atoms with Crippen LogP contribution in [0.25, 0.3) is 0 Å². The summed E-state index contributed by atoms with van der Waals surface area (Å²) in [4.78, 5) is 23.3. The van der Waals surface area contributed by atoms with Crippen LogP contribution in [-0.4, -0.2) is 39.9 Å². The van der Waals surface area contributed by atoms with E-state index in [4.69, 9.17) is 4.74 Å². The van der Waals surface area contributed by atoms with Gasteiger partial charge in [-0.1, -0.05) is 24.3 Å². The highest BCUT2D eigenvalue weighted by atomic mass is 32.2. The van der Waals surface area contributed by atoms with Crippen molar-refractivity contribution in [1.29, 1.82) is 0 Å². The maximum absolute atomic E-state index is 13.7. The zero-order valence-corrected chi connectivity index (χ0v) is 16.5. The first kappa shape index (κ1) is 22.1. The average molecular weight is 424 g/mol. The molecule has 2 rings (SSSR count). The van der Waals surface area contributed by atoms with E-state index in [1.165, 1.54) is 26.2 Å². The van der Waals surface area contributed by atoms with E-state index >= 15 is 0 Å². The minimum Gasteiger partial charge on any atom is -0.495 e. The van der Waals surface area contributed by atoms with E-state index in [-0.39, 0.29) is 6.54 Å². The van der Waals surface area contributed by atoms with Crippen LogP contribution in [0.1, 0.15) is 6.92 Å². The third kappa shape index (κ3) is 6.16. The number of sulfonamides is 1. The Morgan fingerprint density at radius 3 is 2.41 bits per heavy atom. The van der Waals surface area contributed by atoms with Crippen LogP contribution < -0.4 is 25.6 Å². The molecule has 0 saturated carbocycles. The van der Waals surface area contributed by atoms with Crippen molar-refractivity contribution in [2.45, 2.75) is 17.9 Å². The van der Waals surface area contributed by atoms with Crippen LogP contribution in [0.4, 0.5) is 10.1 Å². The number of carbonyl (C=O) groups excluding carboxylic acids is 2. The van der Waals surface area contributed by atoms with Gasteiger partial charge in [-0.15, -0.1) is 0 Å². The molecule has 29 heavy (non-hydrogen) atoms. The number of para-hydroxylation sites is 2. The monoisotopic (exact) mass is 424 g/mol. The van der Waals surface area contributed by atoms with Gasteiger partial charge in [-0.2, -0.15) is 4.72 Å². The first-order valence-electron chi connectivity index (χ1n) is 8.47. The lowest BCUT2D eigenvalue weighted by Gasteiger charge is -2.15. The number of hydrogen-bond donors (Lipinski definition) is 4. The number of methoxy groups -OCH3 is 1. The van der Waals surface area contributed by atoms with Gasteiger partial charge >= 0.3 is 0 Å². The molecular weight excluding hydrogens is 403 g/mol. The second-order valence-electron chi connectivity index (χ2n) is 5.86. The minimum absolute atomic E-state index is 0.171. The number of amides is 2. The summed E-state index contributed by atoms with van der Waals surface area (Å²) in [5, 5.41) is 2.84. The van der Waals surface area contributed by atoms with Crippen molar-refractivity contribution >= 4 is 27.5 Å². The Bertz CT molecular complexity index is 984. The van der Waals surface area contributed by atoms with Crippen LogP contribution >= 0.6 is 0 Å². The number of rotatable bonds is 8. The highest BCUT2D eigenvalue weighted by molar-refractivity contribution is 7.89. The summed E-state index contributed by atoms with van der Waals surface area (Å²) in [5.41, 5.74) is 4.85. The Morgan fingerprint density at radius 1 is 1.07 bits per heavy atom. The van der Waals surface area contributed by atoms with Crippen LogP contribution in [0.3, 0.4) is 0 Å². The minimum atomic E-state index is -4.25. The van der Waals surface area contributed by atoms with Crippen LogP contribution in [0.5, 0.6) is 5.75 Å². The quantitative estimate of drug-likeness (QED) is 0.464. The van der Waals surface area contributed by atoms with Crippen molar-refractivity contribution < 1.29 is 27.1 Å². The predicted molar refractivity (Wildman–Crippen MR) is 104 cm³/mol. The van der Waals surface area contributed by atoms with E-state index < -0.39 is 38.6 Å². The molecule has 156 valence electrons. The molecule has 0 aliphatic carbocycles. The van der Waals surface area contributed by atoms with E-state index in [0.29, 0.717) is 11.4 Å². The van der Waals surface area contributed by atoms with E-state index in [2.05, 4.69) is 16.2 Å². The molecule has 9 nitrogen and oxygen atoms in total.